The van der Waals surface area contributed by atoms with E-state index < -0.39 is 0 Å². The van der Waals surface area contributed by atoms with E-state index in [4.69, 9.17) is 16.3 Å². The van der Waals surface area contributed by atoms with Crippen LogP contribution in [0, 0.1) is 5.92 Å². The summed E-state index contributed by atoms with van der Waals surface area (Å²) in [7, 11) is 0. The summed E-state index contributed by atoms with van der Waals surface area (Å²) >= 11 is 6.33. The quantitative estimate of drug-likeness (QED) is 0.663. The fourth-order valence-electron chi connectivity index (χ4n) is 3.00. The highest BCUT2D eigenvalue weighted by Crippen LogP contribution is 2.42. The predicted octanol–water partition coefficient (Wildman–Crippen LogP) is 5.98. The fraction of sp³-hybridized carbons (Fsp3) is 0.667. The van der Waals surface area contributed by atoms with Gasteiger partial charge in [-0.1, -0.05) is 38.4 Å². The van der Waals surface area contributed by atoms with Crippen molar-refractivity contribution in [1.29, 1.82) is 0 Å². The van der Waals surface area contributed by atoms with E-state index in [1.54, 1.807) is 0 Å². The first-order valence-electron chi connectivity index (χ1n) is 8.23. The van der Waals surface area contributed by atoms with Crippen molar-refractivity contribution in [3.8, 4) is 5.75 Å². The Labute approximate surface area is 128 Å². The summed E-state index contributed by atoms with van der Waals surface area (Å²) in [5.41, 5.74) is 2.88. The molecule has 0 radical (unpaired) electrons. The summed E-state index contributed by atoms with van der Waals surface area (Å²) < 4.78 is 6.02. The molecule has 0 amide bonds. The molecule has 0 spiro atoms. The van der Waals surface area contributed by atoms with Gasteiger partial charge in [-0.05, 0) is 67.6 Å². The summed E-state index contributed by atoms with van der Waals surface area (Å²) in [6.45, 7) is 7.13. The highest BCUT2D eigenvalue weighted by atomic mass is 35.5. The summed E-state index contributed by atoms with van der Waals surface area (Å²) in [6.07, 6.45) is 7.58. The zero-order valence-corrected chi connectivity index (χ0v) is 13.8. The Hall–Kier alpha value is -0.690. The molecular weight excluding hydrogens is 268 g/mol. The number of benzene rings is 1. The molecule has 1 fully saturated rings. The zero-order valence-electron chi connectivity index (χ0n) is 13.0. The highest BCUT2D eigenvalue weighted by Gasteiger charge is 2.26. The normalized spacial score (nSPS) is 20.7. The van der Waals surface area contributed by atoms with Crippen molar-refractivity contribution >= 4 is 11.6 Å². The van der Waals surface area contributed by atoms with Crippen molar-refractivity contribution in [2.75, 3.05) is 6.61 Å². The number of hydrogen-bond acceptors (Lipinski definition) is 1. The van der Waals surface area contributed by atoms with Gasteiger partial charge in [-0.3, -0.25) is 0 Å². The molecule has 1 aromatic rings. The first-order valence-corrected chi connectivity index (χ1v) is 8.61. The molecule has 112 valence electrons. The lowest BCUT2D eigenvalue weighted by molar-refractivity contribution is 0.294. The van der Waals surface area contributed by atoms with Crippen molar-refractivity contribution in [2.45, 2.75) is 65.2 Å². The zero-order chi connectivity index (χ0) is 14.5. The average Bonchev–Trinajstić information content (AvgIpc) is 3.31. The van der Waals surface area contributed by atoms with Crippen molar-refractivity contribution in [1.82, 2.24) is 0 Å². The summed E-state index contributed by atoms with van der Waals surface area (Å²) in [4.78, 5) is 0. The fourth-order valence-corrected chi connectivity index (χ4v) is 3.23. The Morgan fingerprint density at radius 2 is 1.95 bits per heavy atom. The molecule has 1 nitrogen and oxygen atoms in total. The van der Waals surface area contributed by atoms with E-state index in [0.717, 1.165) is 29.7 Å². The molecule has 0 aromatic heterocycles. The first kappa shape index (κ1) is 15.7. The van der Waals surface area contributed by atoms with Gasteiger partial charge in [0.25, 0.3) is 0 Å². The van der Waals surface area contributed by atoms with E-state index in [2.05, 4.69) is 13.0 Å². The summed E-state index contributed by atoms with van der Waals surface area (Å²) in [6, 6.07) is 4.24. The summed E-state index contributed by atoms with van der Waals surface area (Å²) in [5.74, 6) is 2.47. The van der Waals surface area contributed by atoms with E-state index in [1.165, 1.54) is 43.2 Å². The van der Waals surface area contributed by atoms with E-state index in [1.807, 2.05) is 19.9 Å². The van der Waals surface area contributed by atoms with Crippen molar-refractivity contribution < 1.29 is 4.74 Å². The van der Waals surface area contributed by atoms with Crippen molar-refractivity contribution in [2.24, 2.45) is 5.92 Å². The molecule has 2 heteroatoms. The maximum Gasteiger partial charge on any atom is 0.141 e. The van der Waals surface area contributed by atoms with Gasteiger partial charge in [0.05, 0.1) is 11.6 Å². The lowest BCUT2D eigenvalue weighted by Crippen LogP contribution is -2.12. The van der Waals surface area contributed by atoms with Gasteiger partial charge in [0.1, 0.15) is 5.75 Å². The molecule has 0 N–H and O–H groups in total. The minimum Gasteiger partial charge on any atom is -0.491 e. The molecule has 0 heterocycles. The van der Waals surface area contributed by atoms with Crippen LogP contribution in [0.3, 0.4) is 0 Å². The molecule has 1 saturated carbocycles. The third-order valence-electron chi connectivity index (χ3n) is 4.32. The molecule has 1 aromatic carbocycles. The highest BCUT2D eigenvalue weighted by molar-refractivity contribution is 6.32. The van der Waals surface area contributed by atoms with Crippen LogP contribution in [0.15, 0.2) is 12.1 Å². The van der Waals surface area contributed by atoms with Crippen LogP contribution in [0.5, 0.6) is 5.75 Å². The van der Waals surface area contributed by atoms with Gasteiger partial charge in [-0.15, -0.1) is 0 Å². The van der Waals surface area contributed by atoms with Gasteiger partial charge in [0.15, 0.2) is 0 Å². The Kier molecular flexibility index (Phi) is 5.77. The molecule has 1 atom stereocenters. The second-order valence-corrected chi connectivity index (χ2v) is 6.10. The Balaban J connectivity index is 0.000000704. The van der Waals surface area contributed by atoms with Gasteiger partial charge >= 0.3 is 0 Å². The molecule has 20 heavy (non-hydrogen) atoms. The van der Waals surface area contributed by atoms with Crippen molar-refractivity contribution in [3.05, 3.63) is 28.3 Å². The minimum atomic E-state index is 0.703. The number of fused-ring (bicyclic) bond motifs is 1. The molecule has 2 aliphatic rings. The van der Waals surface area contributed by atoms with Gasteiger partial charge < -0.3 is 4.74 Å². The Morgan fingerprint density at radius 3 is 2.60 bits per heavy atom. The maximum absolute atomic E-state index is 6.33. The van der Waals surface area contributed by atoms with Crippen LogP contribution in [0.1, 0.15) is 69.9 Å². The van der Waals surface area contributed by atoms with Crippen LogP contribution in [0.4, 0.5) is 0 Å². The lowest BCUT2D eigenvalue weighted by atomic mass is 9.81. The SMILES string of the molecule is CC.CC[C@H]1CCCc2c1ccc(Cl)c2OCC1CC1. The van der Waals surface area contributed by atoms with Crippen LogP contribution in [-0.2, 0) is 6.42 Å². The largest absolute Gasteiger partial charge is 0.491 e. The molecule has 0 saturated heterocycles. The molecule has 0 bridgehead atoms. The molecule has 3 rings (SSSR count). The smallest absolute Gasteiger partial charge is 0.141 e. The van der Waals surface area contributed by atoms with E-state index >= 15 is 0 Å². The van der Waals surface area contributed by atoms with Gasteiger partial charge in [0.2, 0.25) is 0 Å². The number of halogens is 1. The van der Waals surface area contributed by atoms with Crippen LogP contribution in [-0.4, -0.2) is 6.61 Å². The van der Waals surface area contributed by atoms with Crippen LogP contribution < -0.4 is 4.74 Å². The van der Waals surface area contributed by atoms with Crippen molar-refractivity contribution in [3.63, 3.8) is 0 Å². The monoisotopic (exact) mass is 294 g/mol. The third-order valence-corrected chi connectivity index (χ3v) is 4.62. The van der Waals surface area contributed by atoms with E-state index in [9.17, 15) is 0 Å². The first-order chi connectivity index (χ1) is 9.79. The van der Waals surface area contributed by atoms with Crippen LogP contribution in [0.25, 0.3) is 0 Å². The number of hydrogen-bond donors (Lipinski definition) is 0. The second kappa shape index (κ2) is 7.36. The Bertz CT molecular complexity index is 437. The number of rotatable bonds is 4. The minimum absolute atomic E-state index is 0.703. The van der Waals surface area contributed by atoms with Crippen LogP contribution in [0.2, 0.25) is 5.02 Å². The molecule has 0 unspecified atom stereocenters. The van der Waals surface area contributed by atoms with E-state index in [0.29, 0.717) is 5.92 Å². The van der Waals surface area contributed by atoms with Gasteiger partial charge in [0, 0.05) is 0 Å². The Morgan fingerprint density at radius 1 is 1.20 bits per heavy atom. The topological polar surface area (TPSA) is 9.23 Å². The van der Waals surface area contributed by atoms with Gasteiger partial charge in [-0.2, -0.15) is 0 Å². The standard InChI is InChI=1S/C16H21ClO.C2H6/c1-2-12-4-3-5-14-13(12)8-9-15(17)16(14)18-10-11-6-7-11;1-2/h8-9,11-12H,2-7,10H2,1H3;1-2H3/t12-;/m0./s1. The predicted molar refractivity (Wildman–Crippen MR) is 87.0 cm³/mol. The average molecular weight is 295 g/mol. The molecule has 0 aliphatic heterocycles. The number of ether oxygens (including phenoxy) is 1. The second-order valence-electron chi connectivity index (χ2n) is 5.70. The summed E-state index contributed by atoms with van der Waals surface area (Å²) in [5, 5.41) is 0.797. The lowest BCUT2D eigenvalue weighted by Gasteiger charge is -2.27. The molecular formula is C18H27ClO. The van der Waals surface area contributed by atoms with Gasteiger partial charge in [-0.25, -0.2) is 0 Å². The van der Waals surface area contributed by atoms with E-state index in [-0.39, 0.29) is 0 Å². The molecule has 2 aliphatic carbocycles. The van der Waals surface area contributed by atoms with Crippen LogP contribution >= 0.6 is 11.6 Å². The maximum atomic E-state index is 6.33. The third kappa shape index (κ3) is 3.49.